The monoisotopic (exact) mass is 332 g/mol. The van der Waals surface area contributed by atoms with Crippen molar-refractivity contribution >= 4 is 45.1 Å². The normalized spacial score (nSPS) is 12.0. The predicted octanol–water partition coefficient (Wildman–Crippen LogP) is 4.47. The number of benzene rings is 2. The Morgan fingerprint density at radius 2 is 1.58 bits per heavy atom. The van der Waals surface area contributed by atoms with E-state index in [1.807, 2.05) is 48.5 Å². The van der Waals surface area contributed by atoms with Gasteiger partial charge in [0.05, 0.1) is 11.0 Å². The van der Waals surface area contributed by atoms with Gasteiger partial charge in [0, 0.05) is 27.6 Å². The van der Waals surface area contributed by atoms with Crippen LogP contribution in [0, 0.1) is 0 Å². The van der Waals surface area contributed by atoms with Crippen molar-refractivity contribution in [3.05, 3.63) is 77.4 Å². The fourth-order valence-corrected chi connectivity index (χ4v) is 2.71. The van der Waals surface area contributed by atoms with Crippen molar-refractivity contribution < 1.29 is 0 Å². The number of fused-ring (bicyclic) bond motifs is 3. The molecule has 4 aromatic rings. The van der Waals surface area contributed by atoms with Crippen molar-refractivity contribution in [3.8, 4) is 0 Å². The van der Waals surface area contributed by atoms with Gasteiger partial charge in [0.25, 0.3) is 0 Å². The summed E-state index contributed by atoms with van der Waals surface area (Å²) in [5, 5.41) is 2.72. The van der Waals surface area contributed by atoms with Gasteiger partial charge in [0.15, 0.2) is 5.82 Å². The molecule has 0 atom stereocenters. The SMILES string of the molecule is NC(=Nc1ccc2ccc3cccnc3c2n1)c1ccc(Cl)cc1. The van der Waals surface area contributed by atoms with Gasteiger partial charge >= 0.3 is 0 Å². The number of nitrogens with zero attached hydrogens (tertiary/aromatic N) is 3. The van der Waals surface area contributed by atoms with Crippen LogP contribution in [0.4, 0.5) is 5.82 Å². The maximum atomic E-state index is 6.09. The first kappa shape index (κ1) is 14.6. The van der Waals surface area contributed by atoms with Crippen LogP contribution in [0.15, 0.2) is 71.9 Å². The van der Waals surface area contributed by atoms with E-state index in [9.17, 15) is 0 Å². The van der Waals surface area contributed by atoms with E-state index < -0.39 is 0 Å². The van der Waals surface area contributed by atoms with E-state index in [2.05, 4.69) is 15.0 Å². The number of hydrogen-bond donors (Lipinski definition) is 1. The van der Waals surface area contributed by atoms with Crippen LogP contribution < -0.4 is 5.73 Å². The Bertz CT molecular complexity index is 1070. The van der Waals surface area contributed by atoms with E-state index in [0.29, 0.717) is 16.7 Å². The third-order valence-corrected chi connectivity index (χ3v) is 4.04. The van der Waals surface area contributed by atoms with Gasteiger partial charge in [-0.25, -0.2) is 9.98 Å². The van der Waals surface area contributed by atoms with Crippen LogP contribution >= 0.6 is 11.6 Å². The molecular weight excluding hydrogens is 320 g/mol. The number of rotatable bonds is 2. The summed E-state index contributed by atoms with van der Waals surface area (Å²) in [6.45, 7) is 0. The van der Waals surface area contributed by atoms with Gasteiger partial charge in [0.1, 0.15) is 5.84 Å². The smallest absolute Gasteiger partial charge is 0.155 e. The highest BCUT2D eigenvalue weighted by atomic mass is 35.5. The molecule has 0 saturated heterocycles. The molecule has 0 saturated carbocycles. The molecule has 2 heterocycles. The quantitative estimate of drug-likeness (QED) is 0.334. The second-order valence-corrected chi connectivity index (χ2v) is 5.82. The zero-order valence-corrected chi connectivity index (χ0v) is 13.4. The summed E-state index contributed by atoms with van der Waals surface area (Å²) in [5.74, 6) is 0.944. The van der Waals surface area contributed by atoms with Crippen molar-refractivity contribution in [2.75, 3.05) is 0 Å². The van der Waals surface area contributed by atoms with Crippen molar-refractivity contribution in [1.82, 2.24) is 9.97 Å². The van der Waals surface area contributed by atoms with Crippen molar-refractivity contribution in [2.45, 2.75) is 0 Å². The van der Waals surface area contributed by atoms with E-state index >= 15 is 0 Å². The maximum Gasteiger partial charge on any atom is 0.155 e. The molecule has 0 spiro atoms. The summed E-state index contributed by atoms with van der Waals surface area (Å²) in [7, 11) is 0. The van der Waals surface area contributed by atoms with Crippen molar-refractivity contribution in [2.24, 2.45) is 10.7 Å². The minimum Gasteiger partial charge on any atom is -0.383 e. The second-order valence-electron chi connectivity index (χ2n) is 5.39. The Morgan fingerprint density at radius 3 is 2.38 bits per heavy atom. The van der Waals surface area contributed by atoms with Crippen LogP contribution in [0.3, 0.4) is 0 Å². The summed E-state index contributed by atoms with van der Waals surface area (Å²) in [6.07, 6.45) is 1.77. The number of hydrogen-bond acceptors (Lipinski definition) is 3. The molecule has 4 rings (SSSR count). The molecule has 0 aliphatic rings. The van der Waals surface area contributed by atoms with Crippen LogP contribution in [0.2, 0.25) is 5.02 Å². The molecule has 0 aliphatic heterocycles. The largest absolute Gasteiger partial charge is 0.383 e. The minimum absolute atomic E-state index is 0.395. The molecule has 2 N–H and O–H groups in total. The molecule has 116 valence electrons. The molecule has 4 nitrogen and oxygen atoms in total. The molecule has 0 fully saturated rings. The van der Waals surface area contributed by atoms with Crippen LogP contribution in [0.25, 0.3) is 21.8 Å². The summed E-state index contributed by atoms with van der Waals surface area (Å²) in [5.41, 5.74) is 8.56. The standard InChI is InChI=1S/C19H13ClN4/c20-15-8-5-14(6-9-15)19(21)24-16-10-7-13-4-3-12-2-1-11-22-17(12)18(13)23-16/h1-11H,(H2,21,23,24). The predicted molar refractivity (Wildman–Crippen MR) is 98.9 cm³/mol. The Labute approximate surface area is 143 Å². The molecule has 5 heteroatoms. The molecule has 0 bridgehead atoms. The lowest BCUT2D eigenvalue weighted by atomic mass is 10.1. The van der Waals surface area contributed by atoms with Gasteiger partial charge in [-0.2, -0.15) is 0 Å². The summed E-state index contributed by atoms with van der Waals surface area (Å²) in [6, 6.07) is 19.0. The van der Waals surface area contributed by atoms with Gasteiger partial charge in [-0.15, -0.1) is 0 Å². The lowest BCUT2D eigenvalue weighted by Gasteiger charge is -2.04. The Morgan fingerprint density at radius 1 is 0.875 bits per heavy atom. The Kier molecular flexibility index (Phi) is 3.59. The Hall–Kier alpha value is -2.98. The molecule has 2 aromatic carbocycles. The van der Waals surface area contributed by atoms with E-state index in [1.54, 1.807) is 18.3 Å². The molecule has 0 amide bonds. The van der Waals surface area contributed by atoms with Crippen LogP contribution in [-0.2, 0) is 0 Å². The third kappa shape index (κ3) is 2.68. The first-order valence-electron chi connectivity index (χ1n) is 7.45. The van der Waals surface area contributed by atoms with Crippen LogP contribution in [0.5, 0.6) is 0 Å². The first-order valence-corrected chi connectivity index (χ1v) is 7.83. The molecule has 0 unspecified atom stereocenters. The number of halogens is 1. The van der Waals surface area contributed by atoms with Gasteiger partial charge in [-0.1, -0.05) is 29.8 Å². The topological polar surface area (TPSA) is 64.2 Å². The number of aliphatic imine (C=N–C) groups is 1. The second kappa shape index (κ2) is 5.91. The zero-order chi connectivity index (χ0) is 16.5. The van der Waals surface area contributed by atoms with Gasteiger partial charge in [-0.3, -0.25) is 4.98 Å². The third-order valence-electron chi connectivity index (χ3n) is 3.79. The summed E-state index contributed by atoms with van der Waals surface area (Å²) >= 11 is 5.90. The lowest BCUT2D eigenvalue weighted by molar-refractivity contribution is 1.31. The van der Waals surface area contributed by atoms with Crippen LogP contribution in [0.1, 0.15) is 5.56 Å². The molecular formula is C19H13ClN4. The average Bonchev–Trinajstić information content (AvgIpc) is 2.62. The molecule has 2 aromatic heterocycles. The molecule has 0 aliphatic carbocycles. The average molecular weight is 333 g/mol. The van der Waals surface area contributed by atoms with E-state index in [0.717, 1.165) is 27.4 Å². The highest BCUT2D eigenvalue weighted by Crippen LogP contribution is 2.24. The number of aromatic nitrogens is 2. The van der Waals surface area contributed by atoms with Crippen molar-refractivity contribution in [1.29, 1.82) is 0 Å². The summed E-state index contributed by atoms with van der Waals surface area (Å²) < 4.78 is 0. The summed E-state index contributed by atoms with van der Waals surface area (Å²) in [4.78, 5) is 13.5. The Balaban J connectivity index is 1.83. The van der Waals surface area contributed by atoms with Gasteiger partial charge in [-0.05, 0) is 42.5 Å². The lowest BCUT2D eigenvalue weighted by Crippen LogP contribution is -2.12. The first-order chi connectivity index (χ1) is 11.7. The highest BCUT2D eigenvalue weighted by Gasteiger charge is 2.05. The van der Waals surface area contributed by atoms with Crippen molar-refractivity contribution in [3.63, 3.8) is 0 Å². The van der Waals surface area contributed by atoms with Gasteiger partial charge in [0.2, 0.25) is 0 Å². The van der Waals surface area contributed by atoms with Gasteiger partial charge < -0.3 is 5.73 Å². The zero-order valence-electron chi connectivity index (χ0n) is 12.6. The molecule has 0 radical (unpaired) electrons. The number of pyridine rings is 2. The van der Waals surface area contributed by atoms with Crippen LogP contribution in [-0.4, -0.2) is 15.8 Å². The minimum atomic E-state index is 0.395. The highest BCUT2D eigenvalue weighted by molar-refractivity contribution is 6.30. The van der Waals surface area contributed by atoms with E-state index in [4.69, 9.17) is 17.3 Å². The number of amidine groups is 1. The van der Waals surface area contributed by atoms with E-state index in [1.165, 1.54) is 0 Å². The molecule has 24 heavy (non-hydrogen) atoms. The number of nitrogens with two attached hydrogens (primary N) is 1. The fourth-order valence-electron chi connectivity index (χ4n) is 2.58. The maximum absolute atomic E-state index is 6.09. The van der Waals surface area contributed by atoms with E-state index in [-0.39, 0.29) is 0 Å². The fraction of sp³-hybridized carbons (Fsp3) is 0.